The first-order valence-corrected chi connectivity index (χ1v) is 5.27. The van der Waals surface area contributed by atoms with E-state index in [0.29, 0.717) is 0 Å². The summed E-state index contributed by atoms with van der Waals surface area (Å²) in [5.74, 6) is 0.973. The lowest BCUT2D eigenvalue weighted by molar-refractivity contribution is 0.824. The number of aromatic amines is 1. The van der Waals surface area contributed by atoms with Crippen LogP contribution in [0.3, 0.4) is 0 Å². The van der Waals surface area contributed by atoms with E-state index in [9.17, 15) is 0 Å². The molecule has 0 aliphatic rings. The summed E-state index contributed by atoms with van der Waals surface area (Å²) in [6.07, 6.45) is 0. The molecule has 2 aromatic rings. The number of nitrogens with zero attached hydrogens (tertiary/aromatic N) is 1. The van der Waals surface area contributed by atoms with Crippen molar-refractivity contribution < 1.29 is 5.48 Å². The molecule has 0 spiro atoms. The van der Waals surface area contributed by atoms with Gasteiger partial charge in [0.05, 0.1) is 11.0 Å². The van der Waals surface area contributed by atoms with Crippen LogP contribution in [-0.2, 0) is 0 Å². The summed E-state index contributed by atoms with van der Waals surface area (Å²) in [5, 5.41) is 0. The molecule has 0 atom stereocenters. The van der Waals surface area contributed by atoms with Crippen LogP contribution in [0.5, 0.6) is 0 Å². The van der Waals surface area contributed by atoms with Crippen LogP contribution in [0.1, 0.15) is 33.5 Å². The molecule has 0 amide bonds. The van der Waals surface area contributed by atoms with E-state index in [1.54, 1.807) is 0 Å². The first-order chi connectivity index (χ1) is 6.86. The van der Waals surface area contributed by atoms with Crippen LogP contribution in [0.4, 0.5) is 0 Å². The van der Waals surface area contributed by atoms with Gasteiger partial charge >= 0.3 is 0 Å². The molecule has 0 saturated heterocycles. The lowest BCUT2D eigenvalue weighted by Gasteiger charge is -1.81. The van der Waals surface area contributed by atoms with Crippen LogP contribution in [0.25, 0.3) is 11.0 Å². The van der Waals surface area contributed by atoms with Gasteiger partial charge in [-0.25, -0.2) is 4.98 Å². The maximum absolute atomic E-state index is 4.26. The Labute approximate surface area is 91.9 Å². The summed E-state index contributed by atoms with van der Waals surface area (Å²) in [5.41, 5.74) is 2.15. The van der Waals surface area contributed by atoms with E-state index in [1.807, 2.05) is 58.9 Å². The van der Waals surface area contributed by atoms with E-state index in [2.05, 4.69) is 9.97 Å². The van der Waals surface area contributed by atoms with Gasteiger partial charge in [-0.1, -0.05) is 39.8 Å². The smallest absolute Gasteiger partial charge is 0.104 e. The predicted molar refractivity (Wildman–Crippen MR) is 67.1 cm³/mol. The molecular formula is C12H22N2O. The van der Waals surface area contributed by atoms with Crippen LogP contribution in [0, 0.1) is 6.92 Å². The molecule has 3 heteroatoms. The number of imidazole rings is 1. The van der Waals surface area contributed by atoms with Crippen molar-refractivity contribution in [1.29, 1.82) is 0 Å². The molecule has 0 fully saturated rings. The van der Waals surface area contributed by atoms with Gasteiger partial charge < -0.3 is 10.5 Å². The molecule has 0 bridgehead atoms. The van der Waals surface area contributed by atoms with Crippen LogP contribution in [0.15, 0.2) is 24.3 Å². The fraction of sp³-hybridized carbons (Fsp3) is 0.417. The van der Waals surface area contributed by atoms with Crippen LogP contribution in [-0.4, -0.2) is 15.4 Å². The fourth-order valence-corrected chi connectivity index (χ4v) is 1.08. The Bertz CT molecular complexity index is 322. The Hall–Kier alpha value is -1.35. The van der Waals surface area contributed by atoms with Crippen molar-refractivity contribution in [2.45, 2.75) is 34.6 Å². The lowest BCUT2D eigenvalue weighted by Crippen LogP contribution is -1.68. The van der Waals surface area contributed by atoms with Gasteiger partial charge in [-0.2, -0.15) is 0 Å². The van der Waals surface area contributed by atoms with Gasteiger partial charge in [0.15, 0.2) is 0 Å². The maximum atomic E-state index is 4.26. The number of nitrogens with one attached hydrogen (secondary N) is 1. The molecule has 15 heavy (non-hydrogen) atoms. The van der Waals surface area contributed by atoms with E-state index in [1.165, 1.54) is 0 Å². The van der Waals surface area contributed by atoms with Gasteiger partial charge in [-0.05, 0) is 19.1 Å². The van der Waals surface area contributed by atoms with Crippen molar-refractivity contribution in [3.05, 3.63) is 30.1 Å². The summed E-state index contributed by atoms with van der Waals surface area (Å²) < 4.78 is 0. The minimum Gasteiger partial charge on any atom is -0.412 e. The molecule has 0 unspecified atom stereocenters. The Morgan fingerprint density at radius 2 is 1.53 bits per heavy atom. The van der Waals surface area contributed by atoms with Gasteiger partial charge in [0.25, 0.3) is 0 Å². The minimum atomic E-state index is 0. The topological polar surface area (TPSA) is 60.2 Å². The molecule has 1 aromatic carbocycles. The molecule has 1 aromatic heterocycles. The number of H-pyrrole nitrogens is 1. The third kappa shape index (κ3) is 4.61. The average Bonchev–Trinajstić information content (AvgIpc) is 2.64. The summed E-state index contributed by atoms with van der Waals surface area (Å²) in [6, 6.07) is 8.01. The monoisotopic (exact) mass is 210 g/mol. The predicted octanol–water partition coefficient (Wildman–Crippen LogP) is 3.10. The number of aromatic nitrogens is 2. The molecular weight excluding hydrogens is 188 g/mol. The zero-order valence-electron chi connectivity index (χ0n) is 10.3. The highest BCUT2D eigenvalue weighted by Gasteiger charge is 1.93. The molecule has 3 nitrogen and oxygen atoms in total. The fourth-order valence-electron chi connectivity index (χ4n) is 1.08. The summed E-state index contributed by atoms with van der Waals surface area (Å²) >= 11 is 0. The Kier molecular flexibility index (Phi) is 9.89. The largest absolute Gasteiger partial charge is 0.412 e. The minimum absolute atomic E-state index is 0. The van der Waals surface area contributed by atoms with Crippen molar-refractivity contribution >= 4 is 11.0 Å². The van der Waals surface area contributed by atoms with E-state index in [-0.39, 0.29) is 5.48 Å². The molecule has 2 rings (SSSR count). The highest BCUT2D eigenvalue weighted by Crippen LogP contribution is 2.08. The summed E-state index contributed by atoms with van der Waals surface area (Å²) in [6.45, 7) is 9.96. The first-order valence-electron chi connectivity index (χ1n) is 5.27. The average molecular weight is 210 g/mol. The van der Waals surface area contributed by atoms with Crippen molar-refractivity contribution in [2.75, 3.05) is 0 Å². The zero-order chi connectivity index (χ0) is 11.0. The molecule has 0 aliphatic carbocycles. The maximum Gasteiger partial charge on any atom is 0.104 e. The Morgan fingerprint density at radius 3 is 2.07 bits per heavy atom. The third-order valence-electron chi connectivity index (χ3n) is 1.51. The van der Waals surface area contributed by atoms with E-state index in [4.69, 9.17) is 0 Å². The molecule has 0 radical (unpaired) electrons. The van der Waals surface area contributed by atoms with Crippen molar-refractivity contribution in [2.24, 2.45) is 0 Å². The normalized spacial score (nSPS) is 7.80. The molecule has 86 valence electrons. The van der Waals surface area contributed by atoms with Gasteiger partial charge in [0, 0.05) is 0 Å². The van der Waals surface area contributed by atoms with Crippen molar-refractivity contribution in [3.63, 3.8) is 0 Å². The number of rotatable bonds is 0. The molecule has 0 saturated carbocycles. The summed E-state index contributed by atoms with van der Waals surface area (Å²) in [4.78, 5) is 7.40. The van der Waals surface area contributed by atoms with Crippen LogP contribution < -0.4 is 0 Å². The highest BCUT2D eigenvalue weighted by molar-refractivity contribution is 5.74. The second-order valence-corrected chi connectivity index (χ2v) is 2.34. The Balaban J connectivity index is 0. The number of aryl methyl sites for hydroxylation is 1. The third-order valence-corrected chi connectivity index (χ3v) is 1.51. The van der Waals surface area contributed by atoms with Gasteiger partial charge in [-0.15, -0.1) is 0 Å². The Morgan fingerprint density at radius 1 is 1.00 bits per heavy atom. The molecule has 3 N–H and O–H groups in total. The molecule has 1 heterocycles. The second-order valence-electron chi connectivity index (χ2n) is 2.34. The van der Waals surface area contributed by atoms with Gasteiger partial charge in [-0.3, -0.25) is 0 Å². The number of fused-ring (bicyclic) bond motifs is 1. The number of benzene rings is 1. The van der Waals surface area contributed by atoms with Crippen LogP contribution in [0.2, 0.25) is 0 Å². The standard InChI is InChI=1S/C8H8N2.2C2H6.H2O/c1-6-9-7-4-2-3-5-8(7)10-6;2*1-2;/h2-5H,1H3,(H,9,10);2*1-2H3;1H2. The first kappa shape index (κ1) is 16.1. The number of hydrogen-bond donors (Lipinski definition) is 1. The zero-order valence-corrected chi connectivity index (χ0v) is 10.3. The van der Waals surface area contributed by atoms with E-state index in [0.717, 1.165) is 16.9 Å². The molecule has 0 aliphatic heterocycles. The number of para-hydroxylation sites is 2. The van der Waals surface area contributed by atoms with Crippen molar-refractivity contribution in [3.8, 4) is 0 Å². The van der Waals surface area contributed by atoms with E-state index >= 15 is 0 Å². The summed E-state index contributed by atoms with van der Waals surface area (Å²) in [7, 11) is 0. The van der Waals surface area contributed by atoms with Crippen molar-refractivity contribution in [1.82, 2.24) is 9.97 Å². The van der Waals surface area contributed by atoms with Gasteiger partial charge in [0.1, 0.15) is 5.82 Å². The van der Waals surface area contributed by atoms with Crippen LogP contribution >= 0.6 is 0 Å². The van der Waals surface area contributed by atoms with Gasteiger partial charge in [0.2, 0.25) is 0 Å². The number of hydrogen-bond acceptors (Lipinski definition) is 1. The SMILES string of the molecule is CC.CC.Cc1nc2ccccc2[nH]1.O. The quantitative estimate of drug-likeness (QED) is 0.713. The highest BCUT2D eigenvalue weighted by atomic mass is 16.0. The van der Waals surface area contributed by atoms with E-state index < -0.39 is 0 Å². The lowest BCUT2D eigenvalue weighted by atomic mass is 10.3. The second kappa shape index (κ2) is 9.21.